The van der Waals surface area contributed by atoms with Crippen LogP contribution in [0, 0.1) is 17.2 Å². The molecule has 0 saturated carbocycles. The van der Waals surface area contributed by atoms with Gasteiger partial charge in [-0.25, -0.2) is 4.79 Å². The molecule has 2 unspecified atom stereocenters. The minimum absolute atomic E-state index is 0.0391. The summed E-state index contributed by atoms with van der Waals surface area (Å²) in [6.45, 7) is 12.7. The Kier molecular flexibility index (Phi) is 11.1. The number of benzene rings is 2. The van der Waals surface area contributed by atoms with E-state index >= 15 is 0 Å². The van der Waals surface area contributed by atoms with Crippen LogP contribution in [-0.4, -0.2) is 41.0 Å². The smallest absolute Gasteiger partial charge is 0.408 e. The number of alkyl carbamates (subject to hydrolysis) is 1. The molecule has 0 spiro atoms. The lowest BCUT2D eigenvalue weighted by Crippen LogP contribution is -2.53. The summed E-state index contributed by atoms with van der Waals surface area (Å²) in [5, 5.41) is 15.2. The van der Waals surface area contributed by atoms with Crippen LogP contribution < -0.4 is 10.6 Å². The lowest BCUT2D eigenvalue weighted by molar-refractivity contribution is -0.142. The first-order valence-electron chi connectivity index (χ1n) is 12.7. The molecular formula is C30H38N4O4. The zero-order chi connectivity index (χ0) is 28.3. The van der Waals surface area contributed by atoms with Crippen LogP contribution in [0.25, 0.3) is 6.08 Å². The SMILES string of the molecule is C=Cc1cccc(C(C(=O)NCc2ccccc2)N(CC#N)C(=O)C(CC(C)C)NC(=O)OC(C)(C)C)c1. The number of amides is 3. The second kappa shape index (κ2) is 14.0. The average Bonchev–Trinajstić information content (AvgIpc) is 2.85. The third-order valence-corrected chi connectivity index (χ3v) is 5.55. The van der Waals surface area contributed by atoms with Crippen LogP contribution in [0.3, 0.4) is 0 Å². The van der Waals surface area contributed by atoms with Gasteiger partial charge in [0.1, 0.15) is 24.2 Å². The normalized spacial score (nSPS) is 12.6. The van der Waals surface area contributed by atoms with Crippen LogP contribution in [-0.2, 0) is 20.9 Å². The van der Waals surface area contributed by atoms with Crippen molar-refractivity contribution in [2.24, 2.45) is 5.92 Å². The number of carbonyl (C=O) groups is 3. The molecule has 0 aliphatic heterocycles. The van der Waals surface area contributed by atoms with Gasteiger partial charge in [-0.1, -0.05) is 75.0 Å². The number of nitrogens with zero attached hydrogens (tertiary/aromatic N) is 2. The van der Waals surface area contributed by atoms with E-state index in [0.717, 1.165) is 11.1 Å². The van der Waals surface area contributed by atoms with E-state index in [1.807, 2.05) is 56.3 Å². The van der Waals surface area contributed by atoms with Crippen molar-refractivity contribution in [3.63, 3.8) is 0 Å². The molecule has 202 valence electrons. The predicted octanol–water partition coefficient (Wildman–Crippen LogP) is 4.98. The molecular weight excluding hydrogens is 480 g/mol. The topological polar surface area (TPSA) is 112 Å². The van der Waals surface area contributed by atoms with E-state index < -0.39 is 35.6 Å². The zero-order valence-corrected chi connectivity index (χ0v) is 22.9. The number of nitriles is 1. The summed E-state index contributed by atoms with van der Waals surface area (Å²) < 4.78 is 5.37. The van der Waals surface area contributed by atoms with Crippen LogP contribution in [0.15, 0.2) is 61.2 Å². The molecule has 3 amide bonds. The summed E-state index contributed by atoms with van der Waals surface area (Å²) in [6, 6.07) is 16.4. The van der Waals surface area contributed by atoms with Crippen LogP contribution in [0.4, 0.5) is 4.79 Å². The molecule has 2 aromatic carbocycles. The van der Waals surface area contributed by atoms with E-state index in [2.05, 4.69) is 17.2 Å². The van der Waals surface area contributed by atoms with Gasteiger partial charge in [-0.05, 0) is 55.9 Å². The first-order chi connectivity index (χ1) is 17.9. The van der Waals surface area contributed by atoms with Gasteiger partial charge in [-0.15, -0.1) is 0 Å². The van der Waals surface area contributed by atoms with Gasteiger partial charge in [0.25, 0.3) is 0 Å². The summed E-state index contributed by atoms with van der Waals surface area (Å²) in [5.74, 6) is -0.952. The van der Waals surface area contributed by atoms with Gasteiger partial charge in [0.05, 0.1) is 6.07 Å². The molecule has 2 aromatic rings. The minimum atomic E-state index is -1.11. The number of hydrogen-bond acceptors (Lipinski definition) is 5. The summed E-state index contributed by atoms with van der Waals surface area (Å²) in [7, 11) is 0. The maximum Gasteiger partial charge on any atom is 0.408 e. The third-order valence-electron chi connectivity index (χ3n) is 5.55. The lowest BCUT2D eigenvalue weighted by Gasteiger charge is -2.33. The Morgan fingerprint density at radius 1 is 1.11 bits per heavy atom. The second-order valence-electron chi connectivity index (χ2n) is 10.4. The molecule has 0 saturated heterocycles. The van der Waals surface area contributed by atoms with Crippen LogP contribution >= 0.6 is 0 Å². The highest BCUT2D eigenvalue weighted by Gasteiger charge is 2.36. The van der Waals surface area contributed by atoms with E-state index in [0.29, 0.717) is 12.0 Å². The highest BCUT2D eigenvalue weighted by Crippen LogP contribution is 2.25. The molecule has 0 heterocycles. The van der Waals surface area contributed by atoms with Gasteiger partial charge in [0.15, 0.2) is 0 Å². The fourth-order valence-electron chi connectivity index (χ4n) is 3.93. The van der Waals surface area contributed by atoms with Gasteiger partial charge >= 0.3 is 6.09 Å². The number of hydrogen-bond donors (Lipinski definition) is 2. The minimum Gasteiger partial charge on any atom is -0.444 e. The zero-order valence-electron chi connectivity index (χ0n) is 22.9. The molecule has 2 atom stereocenters. The van der Waals surface area contributed by atoms with E-state index in [1.54, 1.807) is 45.0 Å². The van der Waals surface area contributed by atoms with Gasteiger partial charge < -0.3 is 20.3 Å². The van der Waals surface area contributed by atoms with Crippen molar-refractivity contribution >= 4 is 24.0 Å². The Morgan fingerprint density at radius 3 is 2.37 bits per heavy atom. The Hall–Kier alpha value is -4.12. The van der Waals surface area contributed by atoms with Crippen LogP contribution in [0.5, 0.6) is 0 Å². The third kappa shape index (κ3) is 9.40. The van der Waals surface area contributed by atoms with Crippen LogP contribution in [0.2, 0.25) is 0 Å². The van der Waals surface area contributed by atoms with Crippen molar-refractivity contribution in [2.45, 2.75) is 65.3 Å². The fraction of sp³-hybridized carbons (Fsp3) is 0.400. The number of carbonyl (C=O) groups excluding carboxylic acids is 3. The van der Waals surface area contributed by atoms with Gasteiger partial charge in [-0.2, -0.15) is 5.26 Å². The van der Waals surface area contributed by atoms with E-state index in [9.17, 15) is 19.6 Å². The first kappa shape index (κ1) is 30.1. The summed E-state index contributed by atoms with van der Waals surface area (Å²) >= 11 is 0. The summed E-state index contributed by atoms with van der Waals surface area (Å²) in [4.78, 5) is 41.4. The Bertz CT molecular complexity index is 1150. The summed E-state index contributed by atoms with van der Waals surface area (Å²) in [6.07, 6.45) is 1.20. The maximum atomic E-state index is 13.9. The van der Waals surface area contributed by atoms with Crippen molar-refractivity contribution < 1.29 is 19.1 Å². The molecule has 0 aromatic heterocycles. The maximum absolute atomic E-state index is 13.9. The van der Waals surface area contributed by atoms with Crippen molar-refractivity contribution in [1.82, 2.24) is 15.5 Å². The monoisotopic (exact) mass is 518 g/mol. The fourth-order valence-corrected chi connectivity index (χ4v) is 3.93. The largest absolute Gasteiger partial charge is 0.444 e. The van der Waals surface area contributed by atoms with E-state index in [1.165, 1.54) is 4.90 Å². The van der Waals surface area contributed by atoms with Crippen molar-refractivity contribution in [2.75, 3.05) is 6.54 Å². The molecule has 2 rings (SSSR count). The first-order valence-corrected chi connectivity index (χ1v) is 12.7. The molecule has 8 nitrogen and oxygen atoms in total. The Morgan fingerprint density at radius 2 is 1.79 bits per heavy atom. The Labute approximate surface area is 225 Å². The lowest BCUT2D eigenvalue weighted by atomic mass is 9.98. The summed E-state index contributed by atoms with van der Waals surface area (Å²) in [5.41, 5.74) is 1.42. The number of rotatable bonds is 11. The molecule has 0 radical (unpaired) electrons. The van der Waals surface area contributed by atoms with Crippen molar-refractivity contribution in [1.29, 1.82) is 5.26 Å². The average molecular weight is 519 g/mol. The molecule has 0 bridgehead atoms. The van der Waals surface area contributed by atoms with Gasteiger partial charge in [0.2, 0.25) is 11.8 Å². The van der Waals surface area contributed by atoms with Crippen molar-refractivity contribution in [3.8, 4) is 6.07 Å². The molecule has 8 heteroatoms. The predicted molar refractivity (Wildman–Crippen MR) is 148 cm³/mol. The van der Waals surface area contributed by atoms with Gasteiger partial charge in [-0.3, -0.25) is 9.59 Å². The highest BCUT2D eigenvalue weighted by atomic mass is 16.6. The Balaban J connectivity index is 2.47. The van der Waals surface area contributed by atoms with E-state index in [-0.39, 0.29) is 19.0 Å². The van der Waals surface area contributed by atoms with Crippen LogP contribution in [0.1, 0.15) is 63.8 Å². The molecule has 38 heavy (non-hydrogen) atoms. The van der Waals surface area contributed by atoms with Gasteiger partial charge in [0, 0.05) is 6.54 Å². The van der Waals surface area contributed by atoms with E-state index in [4.69, 9.17) is 4.74 Å². The number of nitrogens with one attached hydrogen (secondary N) is 2. The second-order valence-corrected chi connectivity index (χ2v) is 10.4. The molecule has 0 aliphatic carbocycles. The standard InChI is InChI=1S/C30H38N4O4/c1-7-22-14-11-15-24(19-22)26(27(35)32-20-23-12-9-8-10-13-23)34(17-16-31)28(36)25(18-21(2)3)33-29(37)38-30(4,5)6/h7-15,19,21,25-26H,1,17-18,20H2,2-6H3,(H,32,35)(H,33,37). The quantitative estimate of drug-likeness (QED) is 0.408. The molecule has 0 aliphatic rings. The number of ether oxygens (including phenoxy) is 1. The van der Waals surface area contributed by atoms with Crippen molar-refractivity contribution in [3.05, 3.63) is 77.9 Å². The molecule has 0 fully saturated rings. The highest BCUT2D eigenvalue weighted by molar-refractivity contribution is 5.92. The molecule has 2 N–H and O–H groups in total.